The molecular weight excluding hydrogens is 352 g/mol. The summed E-state index contributed by atoms with van der Waals surface area (Å²) < 4.78 is 29.8. The van der Waals surface area contributed by atoms with E-state index in [1.54, 1.807) is 28.9 Å². The summed E-state index contributed by atoms with van der Waals surface area (Å²) in [5, 5.41) is 4.50. The molecule has 5 rings (SSSR count). The first kappa shape index (κ1) is 15.7. The summed E-state index contributed by atoms with van der Waals surface area (Å²) in [4.78, 5) is 14.3. The molecule has 1 aliphatic carbocycles. The molecule has 0 unspecified atom stereocenters. The fourth-order valence-electron chi connectivity index (χ4n) is 3.61. The highest BCUT2D eigenvalue weighted by Crippen LogP contribution is 2.38. The van der Waals surface area contributed by atoms with E-state index in [9.17, 15) is 13.2 Å². The van der Waals surface area contributed by atoms with Crippen LogP contribution >= 0.6 is 0 Å². The maximum Gasteiger partial charge on any atom is 0.285 e. The topological polar surface area (TPSA) is 84.6 Å². The van der Waals surface area contributed by atoms with Gasteiger partial charge in [-0.05, 0) is 31.0 Å². The van der Waals surface area contributed by atoms with E-state index in [0.29, 0.717) is 37.0 Å². The van der Waals surface area contributed by atoms with Crippen LogP contribution in [0.2, 0.25) is 0 Å². The van der Waals surface area contributed by atoms with E-state index in [0.717, 1.165) is 18.5 Å². The van der Waals surface area contributed by atoms with E-state index >= 15 is 0 Å². The maximum atomic E-state index is 12.2. The number of hydrogen-bond acceptors (Lipinski definition) is 5. The lowest BCUT2D eigenvalue weighted by atomic mass is 9.98. The average molecular weight is 370 g/mol. The molecule has 3 heterocycles. The number of aromatic nitrogens is 2. The van der Waals surface area contributed by atoms with Gasteiger partial charge in [-0.1, -0.05) is 12.1 Å². The molecule has 8 heteroatoms. The van der Waals surface area contributed by atoms with Crippen molar-refractivity contribution in [3.8, 4) is 0 Å². The molecule has 1 saturated carbocycles. The zero-order chi connectivity index (χ0) is 17.9. The molecule has 0 bridgehead atoms. The molecule has 7 nitrogen and oxygen atoms in total. The summed E-state index contributed by atoms with van der Waals surface area (Å²) in [6.45, 7) is 1.90. The molecule has 0 radical (unpaired) electrons. The van der Waals surface area contributed by atoms with Crippen LogP contribution in [0.25, 0.3) is 0 Å². The Kier molecular flexibility index (Phi) is 3.34. The third-order valence-corrected chi connectivity index (χ3v) is 6.51. The number of nitrogens with zero attached hydrogens (tertiary/aromatic N) is 4. The Morgan fingerprint density at radius 2 is 1.85 bits per heavy atom. The van der Waals surface area contributed by atoms with Gasteiger partial charge in [-0.25, -0.2) is 4.68 Å². The summed E-state index contributed by atoms with van der Waals surface area (Å²) in [6, 6.07) is 10.3. The normalized spacial score (nSPS) is 21.2. The first-order valence-corrected chi connectivity index (χ1v) is 10.2. The van der Waals surface area contributed by atoms with Gasteiger partial charge in [0.2, 0.25) is 0 Å². The van der Waals surface area contributed by atoms with Crippen LogP contribution in [-0.4, -0.2) is 42.0 Å². The van der Waals surface area contributed by atoms with Gasteiger partial charge in [-0.2, -0.15) is 13.5 Å². The van der Waals surface area contributed by atoms with Crippen LogP contribution in [0.5, 0.6) is 0 Å². The van der Waals surface area contributed by atoms with Crippen LogP contribution in [0.1, 0.15) is 30.0 Å². The molecule has 1 saturated heterocycles. The molecule has 2 aliphatic heterocycles. The summed E-state index contributed by atoms with van der Waals surface area (Å²) in [5.41, 5.74) is 1.58. The quantitative estimate of drug-likeness (QED) is 0.811. The summed E-state index contributed by atoms with van der Waals surface area (Å²) >= 11 is 0. The second kappa shape index (κ2) is 5.51. The molecule has 0 spiro atoms. The second-order valence-corrected chi connectivity index (χ2v) is 8.78. The van der Waals surface area contributed by atoms with E-state index in [4.69, 9.17) is 0 Å². The van der Waals surface area contributed by atoms with Gasteiger partial charge in [0.15, 0.2) is 5.84 Å². The monoisotopic (exact) mass is 370 g/mol. The van der Waals surface area contributed by atoms with Crippen molar-refractivity contribution < 1.29 is 8.42 Å². The van der Waals surface area contributed by atoms with Crippen molar-refractivity contribution in [3.63, 3.8) is 0 Å². The summed E-state index contributed by atoms with van der Waals surface area (Å²) in [7, 11) is -3.59. The lowest BCUT2D eigenvalue weighted by Gasteiger charge is -2.40. The SMILES string of the molecule is O=c1ccc(C2CC2)nn1CC1CN(C2=NS(=O)(=O)c3ccccc32)C1. The molecule has 1 aromatic heterocycles. The number of sulfonamides is 1. The number of benzene rings is 1. The van der Waals surface area contributed by atoms with E-state index in [-0.39, 0.29) is 16.4 Å². The molecule has 134 valence electrons. The fraction of sp³-hybridized carbons (Fsp3) is 0.389. The van der Waals surface area contributed by atoms with Crippen LogP contribution in [-0.2, 0) is 16.6 Å². The number of likely N-dealkylation sites (tertiary alicyclic amines) is 1. The molecule has 1 aromatic carbocycles. The van der Waals surface area contributed by atoms with Gasteiger partial charge in [0.05, 0.1) is 12.2 Å². The van der Waals surface area contributed by atoms with Gasteiger partial charge in [-0.3, -0.25) is 4.79 Å². The first-order valence-electron chi connectivity index (χ1n) is 8.79. The van der Waals surface area contributed by atoms with Gasteiger partial charge in [0, 0.05) is 36.6 Å². The van der Waals surface area contributed by atoms with Crippen molar-refractivity contribution in [2.45, 2.75) is 30.2 Å². The molecule has 0 atom stereocenters. The van der Waals surface area contributed by atoms with Crippen LogP contribution < -0.4 is 5.56 Å². The van der Waals surface area contributed by atoms with Gasteiger partial charge < -0.3 is 4.90 Å². The van der Waals surface area contributed by atoms with E-state index in [1.807, 2.05) is 17.0 Å². The minimum Gasteiger partial charge on any atom is -0.355 e. The second-order valence-electron chi connectivity index (χ2n) is 7.21. The number of amidine groups is 1. The summed E-state index contributed by atoms with van der Waals surface area (Å²) in [6.07, 6.45) is 2.30. The fourth-order valence-corrected chi connectivity index (χ4v) is 4.84. The smallest absolute Gasteiger partial charge is 0.285 e. The summed E-state index contributed by atoms with van der Waals surface area (Å²) in [5.74, 6) is 1.28. The van der Waals surface area contributed by atoms with Crippen molar-refractivity contribution in [3.05, 3.63) is 58.0 Å². The molecule has 26 heavy (non-hydrogen) atoms. The number of fused-ring (bicyclic) bond motifs is 1. The van der Waals surface area contributed by atoms with Gasteiger partial charge in [0.25, 0.3) is 15.6 Å². The van der Waals surface area contributed by atoms with Crippen molar-refractivity contribution >= 4 is 15.9 Å². The molecule has 3 aliphatic rings. The molecule has 0 amide bonds. The van der Waals surface area contributed by atoms with Crippen LogP contribution in [0.4, 0.5) is 0 Å². The predicted octanol–water partition coefficient (Wildman–Crippen LogP) is 1.20. The number of rotatable bonds is 3. The van der Waals surface area contributed by atoms with Gasteiger partial charge >= 0.3 is 0 Å². The average Bonchev–Trinajstić information content (AvgIpc) is 3.39. The Morgan fingerprint density at radius 3 is 2.62 bits per heavy atom. The first-order chi connectivity index (χ1) is 12.5. The van der Waals surface area contributed by atoms with Crippen molar-refractivity contribution in [2.24, 2.45) is 10.3 Å². The largest absolute Gasteiger partial charge is 0.355 e. The Balaban J connectivity index is 1.32. The third kappa shape index (κ3) is 2.56. The highest BCUT2D eigenvalue weighted by molar-refractivity contribution is 7.90. The Bertz CT molecular complexity index is 1080. The van der Waals surface area contributed by atoms with Crippen molar-refractivity contribution in [1.29, 1.82) is 0 Å². The minimum absolute atomic E-state index is 0.0843. The molecular formula is C18H18N4O3S. The maximum absolute atomic E-state index is 12.2. The highest BCUT2D eigenvalue weighted by atomic mass is 32.2. The van der Waals surface area contributed by atoms with E-state index in [2.05, 4.69) is 9.50 Å². The standard InChI is InChI=1S/C18H18N4O3S/c23-17-8-7-15(13-5-6-13)19-22(17)11-12-9-21(10-12)18-14-3-1-2-4-16(14)26(24,25)20-18/h1-4,7-8,12-13H,5-6,9-11H2. The number of hydrogen-bond donors (Lipinski definition) is 0. The Morgan fingerprint density at radius 1 is 1.08 bits per heavy atom. The Labute approximate surface area is 151 Å². The van der Waals surface area contributed by atoms with Crippen LogP contribution in [0.15, 0.2) is 50.5 Å². The van der Waals surface area contributed by atoms with Crippen LogP contribution in [0, 0.1) is 5.92 Å². The zero-order valence-corrected chi connectivity index (χ0v) is 14.9. The van der Waals surface area contributed by atoms with E-state index < -0.39 is 10.0 Å². The van der Waals surface area contributed by atoms with Crippen molar-refractivity contribution in [1.82, 2.24) is 14.7 Å². The zero-order valence-electron chi connectivity index (χ0n) is 14.1. The molecule has 0 N–H and O–H groups in total. The predicted molar refractivity (Wildman–Crippen MR) is 95.7 cm³/mol. The molecule has 2 aromatic rings. The van der Waals surface area contributed by atoms with Crippen molar-refractivity contribution in [2.75, 3.05) is 13.1 Å². The highest BCUT2D eigenvalue weighted by Gasteiger charge is 2.37. The Hall–Kier alpha value is -2.48. The van der Waals surface area contributed by atoms with E-state index in [1.165, 1.54) is 0 Å². The lowest BCUT2D eigenvalue weighted by molar-refractivity contribution is 0.161. The van der Waals surface area contributed by atoms with Gasteiger partial charge in [0.1, 0.15) is 4.90 Å². The minimum atomic E-state index is -3.59. The van der Waals surface area contributed by atoms with Crippen LogP contribution in [0.3, 0.4) is 0 Å². The lowest BCUT2D eigenvalue weighted by Crippen LogP contribution is -2.52. The van der Waals surface area contributed by atoms with Gasteiger partial charge in [-0.15, -0.1) is 4.40 Å². The molecule has 2 fully saturated rings. The third-order valence-electron chi connectivity index (χ3n) is 5.18.